The van der Waals surface area contributed by atoms with E-state index in [1.54, 1.807) is 6.92 Å². The van der Waals surface area contributed by atoms with Crippen molar-refractivity contribution in [2.75, 3.05) is 12.5 Å². The summed E-state index contributed by atoms with van der Waals surface area (Å²) in [6, 6.07) is 0. The summed E-state index contributed by atoms with van der Waals surface area (Å²) in [6.45, 7) is 2.11. The van der Waals surface area contributed by atoms with Gasteiger partial charge >= 0.3 is 5.97 Å². The Kier molecular flexibility index (Phi) is 6.37. The number of esters is 1. The van der Waals surface area contributed by atoms with Crippen LogP contribution in [0.15, 0.2) is 12.2 Å². The van der Waals surface area contributed by atoms with Crippen molar-refractivity contribution < 1.29 is 9.53 Å². The number of alkyl halides is 2. The van der Waals surface area contributed by atoms with Gasteiger partial charge in [0.25, 0.3) is 0 Å². The van der Waals surface area contributed by atoms with Crippen molar-refractivity contribution in [1.29, 1.82) is 0 Å². The topological polar surface area (TPSA) is 26.3 Å². The Morgan fingerprint density at radius 3 is 2.82 bits per heavy atom. The molecular weight excluding hydrogens is 187 g/mol. The van der Waals surface area contributed by atoms with Gasteiger partial charge in [-0.3, -0.25) is 0 Å². The molecule has 0 fully saturated rings. The van der Waals surface area contributed by atoms with Crippen molar-refractivity contribution in [3.8, 4) is 0 Å². The van der Waals surface area contributed by atoms with E-state index in [4.69, 9.17) is 23.2 Å². The first-order valence-corrected chi connectivity index (χ1v) is 4.22. The number of hydrogen-bond acceptors (Lipinski definition) is 2. The molecule has 4 heteroatoms. The lowest BCUT2D eigenvalue weighted by Gasteiger charge is -1.96. The highest BCUT2D eigenvalue weighted by Gasteiger charge is 1.98. The van der Waals surface area contributed by atoms with Crippen molar-refractivity contribution in [2.45, 2.75) is 12.3 Å². The van der Waals surface area contributed by atoms with Gasteiger partial charge in [0.1, 0.15) is 0 Å². The molecule has 0 saturated carbocycles. The Bertz CT molecular complexity index is 145. The highest BCUT2D eigenvalue weighted by Crippen LogP contribution is 2.00. The van der Waals surface area contributed by atoms with Crippen LogP contribution in [0.2, 0.25) is 0 Å². The molecular formula is C7H10Cl2O2. The van der Waals surface area contributed by atoms with E-state index >= 15 is 0 Å². The van der Waals surface area contributed by atoms with Gasteiger partial charge in [-0.2, -0.15) is 0 Å². The second-order valence-corrected chi connectivity index (χ2v) is 2.65. The highest BCUT2D eigenvalue weighted by atomic mass is 35.5. The Labute approximate surface area is 76.1 Å². The summed E-state index contributed by atoms with van der Waals surface area (Å²) in [7, 11) is 0. The number of halogens is 2. The summed E-state index contributed by atoms with van der Waals surface area (Å²) in [6.07, 6.45) is 2.79. The summed E-state index contributed by atoms with van der Waals surface area (Å²) in [5, 5.41) is -0.305. The van der Waals surface area contributed by atoms with Crippen LogP contribution in [0, 0.1) is 0 Å². The Hall–Kier alpha value is -0.210. The van der Waals surface area contributed by atoms with Crippen molar-refractivity contribution >= 4 is 29.2 Å². The van der Waals surface area contributed by atoms with Crippen LogP contribution in [0.3, 0.4) is 0 Å². The van der Waals surface area contributed by atoms with Gasteiger partial charge in [0.15, 0.2) is 0 Å². The maximum Gasteiger partial charge on any atom is 0.330 e. The predicted octanol–water partition coefficient (Wildman–Crippen LogP) is 1.95. The van der Waals surface area contributed by atoms with Crippen molar-refractivity contribution in [3.63, 3.8) is 0 Å². The SMILES string of the molecule is CCOC(=O)C=CC(Cl)CCl. The molecule has 64 valence electrons. The molecule has 1 atom stereocenters. The van der Waals surface area contributed by atoms with Crippen LogP contribution >= 0.6 is 23.2 Å². The quantitative estimate of drug-likeness (QED) is 0.391. The van der Waals surface area contributed by atoms with Crippen molar-refractivity contribution in [2.24, 2.45) is 0 Å². The third-order valence-corrected chi connectivity index (χ3v) is 1.67. The van der Waals surface area contributed by atoms with Crippen LogP contribution in [0.25, 0.3) is 0 Å². The summed E-state index contributed by atoms with van der Waals surface area (Å²) >= 11 is 11.0. The van der Waals surface area contributed by atoms with Crippen molar-refractivity contribution in [1.82, 2.24) is 0 Å². The van der Waals surface area contributed by atoms with Gasteiger partial charge in [-0.1, -0.05) is 6.08 Å². The molecule has 0 N–H and O–H groups in total. The van der Waals surface area contributed by atoms with E-state index in [1.807, 2.05) is 0 Å². The third-order valence-electron chi connectivity index (χ3n) is 0.875. The molecule has 0 spiro atoms. The lowest BCUT2D eigenvalue weighted by molar-refractivity contribution is -0.137. The minimum atomic E-state index is -0.386. The van der Waals surface area contributed by atoms with Crippen LogP contribution in [0.5, 0.6) is 0 Å². The molecule has 0 saturated heterocycles. The van der Waals surface area contributed by atoms with Crippen molar-refractivity contribution in [3.05, 3.63) is 12.2 Å². The average molecular weight is 197 g/mol. The van der Waals surface area contributed by atoms with Crippen LogP contribution in [0.4, 0.5) is 0 Å². The van der Waals surface area contributed by atoms with Gasteiger partial charge in [-0.15, -0.1) is 23.2 Å². The first-order chi connectivity index (χ1) is 5.20. The Morgan fingerprint density at radius 1 is 1.73 bits per heavy atom. The molecule has 0 aromatic carbocycles. The molecule has 0 aliphatic heterocycles. The maximum absolute atomic E-state index is 10.7. The molecule has 0 aliphatic rings. The van der Waals surface area contributed by atoms with Gasteiger partial charge in [0.05, 0.1) is 12.0 Å². The van der Waals surface area contributed by atoms with Gasteiger partial charge in [0.2, 0.25) is 0 Å². The smallest absolute Gasteiger partial charge is 0.330 e. The molecule has 2 nitrogen and oxygen atoms in total. The fourth-order valence-electron chi connectivity index (χ4n) is 0.425. The van der Waals surface area contributed by atoms with E-state index in [2.05, 4.69) is 4.74 Å². The summed E-state index contributed by atoms with van der Waals surface area (Å²) < 4.78 is 4.61. The number of allylic oxidation sites excluding steroid dienone is 1. The standard InChI is InChI=1S/C7H10Cl2O2/c1-2-11-7(10)4-3-6(9)5-8/h3-4,6H,2,5H2,1H3. The number of carbonyl (C=O) groups excluding carboxylic acids is 1. The third kappa shape index (κ3) is 6.20. The summed E-state index contributed by atoms with van der Waals surface area (Å²) in [4.78, 5) is 10.7. The second kappa shape index (κ2) is 6.50. The first kappa shape index (κ1) is 10.8. The largest absolute Gasteiger partial charge is 0.463 e. The van der Waals surface area contributed by atoms with E-state index in [9.17, 15) is 4.79 Å². The van der Waals surface area contributed by atoms with E-state index in [1.165, 1.54) is 12.2 Å². The minimum absolute atomic E-state index is 0.289. The zero-order valence-corrected chi connectivity index (χ0v) is 7.73. The molecule has 0 amide bonds. The Morgan fingerprint density at radius 2 is 2.36 bits per heavy atom. The molecule has 0 rings (SSSR count). The Balaban J connectivity index is 3.63. The summed E-state index contributed by atoms with van der Waals surface area (Å²) in [5.41, 5.74) is 0. The molecule has 11 heavy (non-hydrogen) atoms. The van der Waals surface area contributed by atoms with Gasteiger partial charge in [0, 0.05) is 12.0 Å². The molecule has 0 aromatic rings. The predicted molar refractivity (Wildman–Crippen MR) is 46.1 cm³/mol. The highest BCUT2D eigenvalue weighted by molar-refractivity contribution is 6.29. The normalized spacial score (nSPS) is 13.4. The fraction of sp³-hybridized carbons (Fsp3) is 0.571. The molecule has 0 aromatic heterocycles. The fourth-order valence-corrected chi connectivity index (χ4v) is 0.600. The van der Waals surface area contributed by atoms with Gasteiger partial charge in [-0.25, -0.2) is 4.79 Å². The second-order valence-electron chi connectivity index (χ2n) is 1.78. The van der Waals surface area contributed by atoms with E-state index in [0.29, 0.717) is 6.61 Å². The van der Waals surface area contributed by atoms with E-state index in [-0.39, 0.29) is 17.2 Å². The van der Waals surface area contributed by atoms with E-state index < -0.39 is 0 Å². The van der Waals surface area contributed by atoms with Crippen LogP contribution in [0.1, 0.15) is 6.92 Å². The summed E-state index contributed by atoms with van der Waals surface area (Å²) in [5.74, 6) is -0.0967. The van der Waals surface area contributed by atoms with Crippen LogP contribution in [-0.4, -0.2) is 23.8 Å². The number of rotatable bonds is 4. The number of carbonyl (C=O) groups is 1. The molecule has 0 heterocycles. The van der Waals surface area contributed by atoms with Crippen LogP contribution < -0.4 is 0 Å². The molecule has 0 radical (unpaired) electrons. The molecule has 0 aliphatic carbocycles. The lowest BCUT2D eigenvalue weighted by Crippen LogP contribution is -2.01. The van der Waals surface area contributed by atoms with Crippen LogP contribution in [-0.2, 0) is 9.53 Å². The zero-order valence-electron chi connectivity index (χ0n) is 6.22. The lowest BCUT2D eigenvalue weighted by atomic mass is 10.4. The molecule has 0 bridgehead atoms. The number of hydrogen-bond donors (Lipinski definition) is 0. The monoisotopic (exact) mass is 196 g/mol. The first-order valence-electron chi connectivity index (χ1n) is 3.25. The van der Waals surface area contributed by atoms with Gasteiger partial charge < -0.3 is 4.74 Å². The maximum atomic E-state index is 10.7. The zero-order chi connectivity index (χ0) is 8.69. The van der Waals surface area contributed by atoms with E-state index in [0.717, 1.165) is 0 Å². The number of ether oxygens (including phenoxy) is 1. The minimum Gasteiger partial charge on any atom is -0.463 e. The average Bonchev–Trinajstić information content (AvgIpc) is 2.01. The molecule has 1 unspecified atom stereocenters. The van der Waals surface area contributed by atoms with Gasteiger partial charge in [-0.05, 0) is 6.92 Å².